The van der Waals surface area contributed by atoms with Gasteiger partial charge in [0.2, 0.25) is 5.71 Å². The van der Waals surface area contributed by atoms with E-state index in [1.54, 1.807) is 18.6 Å². The minimum absolute atomic E-state index is 0.211. The number of para-hydroxylation sites is 11. The molecule has 11 aromatic carbocycles. The molecule has 0 N–H and O–H groups in total. The Morgan fingerprint density at radius 3 is 0.821 bits per heavy atom. The Morgan fingerprint density at radius 1 is 0.200 bits per heavy atom. The molecule has 25 rings (SSSR count). The molecule has 0 bridgehead atoms. The number of fused-ring (bicyclic) bond motifs is 20. The van der Waals surface area contributed by atoms with Crippen molar-refractivity contribution in [1.29, 1.82) is 0 Å². The van der Waals surface area contributed by atoms with Crippen LogP contribution in [-0.4, -0.2) is 86.0 Å². The van der Waals surface area contributed by atoms with E-state index in [0.29, 0.717) is 5.71 Å². The topological polar surface area (TPSA) is 150 Å². The van der Waals surface area contributed by atoms with E-state index in [4.69, 9.17) is 22.1 Å². The van der Waals surface area contributed by atoms with Gasteiger partial charge in [-0.05, 0) is 206 Å². The zero-order valence-corrected chi connectivity index (χ0v) is 92.7. The Labute approximate surface area is 862 Å². The fourth-order valence-corrected chi connectivity index (χ4v) is 19.7. The van der Waals surface area contributed by atoms with Gasteiger partial charge in [-0.1, -0.05) is 272 Å². The number of aryl methyl sites for hydroxylation is 5. The summed E-state index contributed by atoms with van der Waals surface area (Å²) in [7, 11) is 10.7. The second kappa shape index (κ2) is 50.3. The van der Waals surface area contributed by atoms with Crippen molar-refractivity contribution in [2.45, 2.75) is 239 Å². The van der Waals surface area contributed by atoms with Crippen LogP contribution in [-0.2, 0) is 0 Å². The molecular formula is C126H156N14O5. The molecule has 14 heterocycles. The molecule has 5 aliphatic heterocycles. The highest BCUT2D eigenvalue weighted by Gasteiger charge is 2.40. The highest BCUT2D eigenvalue weighted by atomic mass is 16.4. The van der Waals surface area contributed by atoms with Crippen LogP contribution < -0.4 is 49.0 Å². The number of benzene rings is 11. The van der Waals surface area contributed by atoms with Gasteiger partial charge in [0.25, 0.3) is 0 Å². The average Bonchev–Trinajstić information content (AvgIpc) is 1.60. The van der Waals surface area contributed by atoms with E-state index in [1.165, 1.54) is 95.5 Å². The first kappa shape index (κ1) is 110. The number of anilines is 15. The fraction of sp³-hybridized carbons (Fsp3) is 0.317. The summed E-state index contributed by atoms with van der Waals surface area (Å²) >= 11 is 0. The molecule has 0 fully saturated rings. The van der Waals surface area contributed by atoms with Crippen molar-refractivity contribution < 1.29 is 22.1 Å². The lowest BCUT2D eigenvalue weighted by Crippen LogP contribution is -2.36. The third-order valence-corrected chi connectivity index (χ3v) is 26.6. The second-order valence-corrected chi connectivity index (χ2v) is 33.5. The van der Waals surface area contributed by atoms with Crippen LogP contribution in [0.25, 0.3) is 110 Å². The summed E-state index contributed by atoms with van der Waals surface area (Å²) in [4.78, 5) is 40.8. The van der Waals surface area contributed by atoms with Crippen molar-refractivity contribution in [2.24, 2.45) is 0 Å². The molecule has 0 unspecified atom stereocenters. The molecule has 760 valence electrons. The Bertz CT molecular complexity index is 6620. The quantitative estimate of drug-likeness (QED) is 0.161. The predicted octanol–water partition coefficient (Wildman–Crippen LogP) is 37.0. The maximum Gasteiger partial charge on any atom is 0.227 e. The van der Waals surface area contributed by atoms with E-state index in [-0.39, 0.29) is 30.8 Å². The summed E-state index contributed by atoms with van der Waals surface area (Å²) in [6, 6.07) is 84.4. The number of hydrogen-bond donors (Lipinski definition) is 0. The largest absolute Gasteiger partial charge is 0.454 e. The van der Waals surface area contributed by atoms with Gasteiger partial charge in [-0.3, -0.25) is 15.0 Å². The molecule has 145 heavy (non-hydrogen) atoms. The van der Waals surface area contributed by atoms with E-state index in [2.05, 4.69) is 374 Å². The average molecular weight is 1950 g/mol. The summed E-state index contributed by atoms with van der Waals surface area (Å²) < 4.78 is 31.3. The van der Waals surface area contributed by atoms with Gasteiger partial charge in [-0.15, -0.1) is 0 Å². The van der Waals surface area contributed by atoms with Crippen LogP contribution in [0.15, 0.2) is 302 Å². The lowest BCUT2D eigenvalue weighted by Gasteiger charge is -2.29. The monoisotopic (exact) mass is 1950 g/mol. The molecule has 9 aromatic heterocycles. The molecular weight excluding hydrogens is 1790 g/mol. The van der Waals surface area contributed by atoms with E-state index in [0.717, 1.165) is 122 Å². The van der Waals surface area contributed by atoms with Crippen molar-refractivity contribution in [2.75, 3.05) is 84.2 Å². The maximum absolute atomic E-state index is 6.32. The third kappa shape index (κ3) is 20.3. The van der Waals surface area contributed by atoms with Crippen molar-refractivity contribution in [3.8, 4) is 0 Å². The van der Waals surface area contributed by atoms with Crippen molar-refractivity contribution in [3.63, 3.8) is 0 Å². The first-order valence-corrected chi connectivity index (χ1v) is 52.8. The molecule has 19 nitrogen and oxygen atoms in total. The van der Waals surface area contributed by atoms with E-state index in [1.807, 2.05) is 200 Å². The SMILES string of the molecule is CC.CC.CC.CC.CC.CC.CC.CC.CC.CC.Cc1ccc2c(oc3ccccc32)c1N1c2ccccc2N(C)[C@@H]1C.Cc1ccc2c(oc3cccnc32)c1N1c2ccccc2N(C)[C@@H]1C.Cc1ccc2c(oc3ccncc32)c1N1c2ccccc2N(C)[C@@H]1C.Cc1ccc2c(oc3cnccc32)c1N1c2ccccc2N(C)[C@@H]1C.Cc1ccc2c(oc3ncccc32)c1N1c2ccccc2N(C)[C@@H]1C. The third-order valence-electron chi connectivity index (χ3n) is 26.6. The number of nitrogens with zero attached hydrogens (tertiary/aromatic N) is 14. The Hall–Kier alpha value is -15.0. The van der Waals surface area contributed by atoms with Gasteiger partial charge >= 0.3 is 0 Å². The molecule has 20 aromatic rings. The van der Waals surface area contributed by atoms with Gasteiger partial charge in [0.15, 0.2) is 39.1 Å². The summed E-state index contributed by atoms with van der Waals surface area (Å²) in [5.74, 6) is 0. The lowest BCUT2D eigenvalue weighted by atomic mass is 10.1. The van der Waals surface area contributed by atoms with Gasteiger partial charge in [-0.25, -0.2) is 4.98 Å². The minimum atomic E-state index is 0.211. The molecule has 0 saturated heterocycles. The van der Waals surface area contributed by atoms with Crippen LogP contribution in [0.4, 0.5) is 85.3 Å². The minimum Gasteiger partial charge on any atom is -0.454 e. The van der Waals surface area contributed by atoms with Crippen molar-refractivity contribution >= 4 is 195 Å². The maximum atomic E-state index is 6.32. The number of hydrogen-bond acceptors (Lipinski definition) is 19. The molecule has 5 atom stereocenters. The molecule has 0 amide bonds. The van der Waals surface area contributed by atoms with Gasteiger partial charge in [0.05, 0.1) is 91.5 Å². The van der Waals surface area contributed by atoms with Gasteiger partial charge in [-0.2, -0.15) is 0 Å². The molecule has 0 spiro atoms. The fourth-order valence-electron chi connectivity index (χ4n) is 19.7. The zero-order valence-electron chi connectivity index (χ0n) is 92.7. The van der Waals surface area contributed by atoms with Crippen LogP contribution in [0.3, 0.4) is 0 Å². The van der Waals surface area contributed by atoms with E-state index < -0.39 is 0 Å². The summed E-state index contributed by atoms with van der Waals surface area (Å²) in [6.07, 6.45) is 12.0. The molecule has 0 radical (unpaired) electrons. The van der Waals surface area contributed by atoms with Crippen LogP contribution in [0.2, 0.25) is 0 Å². The van der Waals surface area contributed by atoms with Crippen molar-refractivity contribution in [1.82, 2.24) is 19.9 Å². The van der Waals surface area contributed by atoms with Crippen molar-refractivity contribution in [3.05, 3.63) is 308 Å². The lowest BCUT2D eigenvalue weighted by molar-refractivity contribution is 0.648. The van der Waals surface area contributed by atoms with E-state index in [9.17, 15) is 0 Å². The van der Waals surface area contributed by atoms with Crippen LogP contribution in [0.5, 0.6) is 0 Å². The first-order valence-electron chi connectivity index (χ1n) is 52.8. The van der Waals surface area contributed by atoms with E-state index >= 15 is 0 Å². The zero-order chi connectivity index (χ0) is 106. The predicted molar refractivity (Wildman–Crippen MR) is 629 cm³/mol. The molecule has 0 saturated carbocycles. The Morgan fingerprint density at radius 2 is 0.448 bits per heavy atom. The molecule has 5 aliphatic rings. The highest BCUT2D eigenvalue weighted by molar-refractivity contribution is 6.15. The summed E-state index contributed by atoms with van der Waals surface area (Å²) in [6.45, 7) is 61.9. The summed E-state index contributed by atoms with van der Waals surface area (Å²) in [5, 5.41) is 10.0. The molecule has 19 heteroatoms. The second-order valence-electron chi connectivity index (χ2n) is 33.5. The standard InChI is InChI=1S/C22H20N2O.4C21H19N3O.10C2H6/c1-14-12-13-17-16-8-4-7-11-20(16)25-22(17)21(14)24-15(2)23(3)18-9-5-6-10-19(18)24;1-13-10-11-15-16-7-6-12-22-21(16)25-20(15)19(13)24-14(2)23(3)17-8-4-5-9-18(17)24;1-13-10-11-15-19-18(9-6-12-22-19)25-21(15)20(13)24-14(2)23(3)16-7-4-5-8-17(16)24;1-13-8-9-16-15-10-11-22-12-19(15)25-21(16)20(13)24-14(2)23(3)17-6-4-5-7-18(17)24;1-13-8-9-15-16-12-22-11-10-19(16)25-21(15)20(13)24-14(2)23(3)17-6-4-5-7-18(17)24;10*1-2/h4-13,15H,1-3H3;4*4-12,14H,1-3H3;10*1-2H3/t15-;4*14-;;;;;;;;;;/m00000........../s1. The van der Waals surface area contributed by atoms with Gasteiger partial charge in [0, 0.05) is 115 Å². The smallest absolute Gasteiger partial charge is 0.227 e. The van der Waals surface area contributed by atoms with Gasteiger partial charge < -0.3 is 71.1 Å². The first-order chi connectivity index (χ1) is 70.8. The number of aromatic nitrogens is 4. The number of furan rings is 5. The number of pyridine rings is 4. The number of rotatable bonds is 5. The highest BCUT2D eigenvalue weighted by Crippen LogP contribution is 2.55. The van der Waals surface area contributed by atoms with Crippen LogP contribution >= 0.6 is 0 Å². The Kier molecular flexibility index (Phi) is 38.3. The van der Waals surface area contributed by atoms with Crippen LogP contribution in [0.1, 0.15) is 201 Å². The normalized spacial score (nSPS) is 14.9. The molecule has 0 aliphatic carbocycles. The Balaban J connectivity index is 0.000000165. The van der Waals surface area contributed by atoms with Gasteiger partial charge in [0.1, 0.15) is 47.5 Å². The summed E-state index contributed by atoms with van der Waals surface area (Å²) in [5.41, 5.74) is 33.8. The van der Waals surface area contributed by atoms with Crippen LogP contribution in [0, 0.1) is 34.6 Å².